The number of aromatic amines is 1. The number of ether oxygens (including phenoxy) is 1. The highest BCUT2D eigenvalue weighted by Crippen LogP contribution is 2.15. The van der Waals surface area contributed by atoms with Crippen LogP contribution in [0.3, 0.4) is 0 Å². The van der Waals surface area contributed by atoms with Gasteiger partial charge in [-0.2, -0.15) is 18.3 Å². The highest BCUT2D eigenvalue weighted by Gasteiger charge is 2.27. The van der Waals surface area contributed by atoms with Crippen molar-refractivity contribution in [2.24, 2.45) is 0 Å². The predicted molar refractivity (Wildman–Crippen MR) is 65.3 cm³/mol. The number of hydrogen-bond acceptors (Lipinski definition) is 3. The van der Waals surface area contributed by atoms with E-state index >= 15 is 0 Å². The van der Waals surface area contributed by atoms with Crippen LogP contribution in [0.15, 0.2) is 24.3 Å². The molecule has 1 amide bonds. The van der Waals surface area contributed by atoms with Crippen LogP contribution in [0.5, 0.6) is 0 Å². The van der Waals surface area contributed by atoms with Gasteiger partial charge in [0.15, 0.2) is 5.69 Å². The Kier molecular flexibility index (Phi) is 4.23. The van der Waals surface area contributed by atoms with Crippen molar-refractivity contribution in [1.82, 2.24) is 15.5 Å². The molecule has 1 heterocycles. The number of nitrogens with one attached hydrogen (secondary N) is 2. The largest absolute Gasteiger partial charge is 0.411 e. The Morgan fingerprint density at radius 3 is 2.85 bits per heavy atom. The van der Waals surface area contributed by atoms with Crippen molar-refractivity contribution in [3.63, 3.8) is 0 Å². The Morgan fingerprint density at radius 1 is 1.35 bits per heavy atom. The van der Waals surface area contributed by atoms with Crippen molar-refractivity contribution < 1.29 is 22.7 Å². The van der Waals surface area contributed by atoms with Crippen LogP contribution in [-0.2, 0) is 4.74 Å². The molecule has 0 radical (unpaired) electrons. The van der Waals surface area contributed by atoms with E-state index in [1.54, 1.807) is 24.3 Å². The summed E-state index contributed by atoms with van der Waals surface area (Å²) in [7, 11) is 0. The molecule has 0 fully saturated rings. The van der Waals surface area contributed by atoms with Gasteiger partial charge in [-0.3, -0.25) is 9.89 Å². The maximum absolute atomic E-state index is 11.8. The number of H-pyrrole nitrogens is 1. The number of halogens is 3. The standard InChI is InChI=1S/C12H12F3N3O2/c13-12(14,15)7-20-6-5-16-11(19)10-8-3-1-2-4-9(8)17-18-10/h1-4H,5-7H2,(H,16,19)(H,17,18). The molecule has 0 spiro atoms. The predicted octanol–water partition coefficient (Wildman–Crippen LogP) is 1.87. The fraction of sp³-hybridized carbons (Fsp3) is 0.333. The van der Waals surface area contributed by atoms with E-state index in [4.69, 9.17) is 0 Å². The van der Waals surface area contributed by atoms with E-state index in [0.29, 0.717) is 10.9 Å². The average Bonchev–Trinajstić information content (AvgIpc) is 2.80. The van der Waals surface area contributed by atoms with Crippen LogP contribution in [0.4, 0.5) is 13.2 Å². The van der Waals surface area contributed by atoms with Gasteiger partial charge >= 0.3 is 6.18 Å². The number of hydrogen-bond donors (Lipinski definition) is 2. The van der Waals surface area contributed by atoms with Crippen molar-refractivity contribution in [2.45, 2.75) is 6.18 Å². The van der Waals surface area contributed by atoms with Crippen molar-refractivity contribution in [2.75, 3.05) is 19.8 Å². The van der Waals surface area contributed by atoms with Crippen LogP contribution >= 0.6 is 0 Å². The molecule has 0 aliphatic carbocycles. The molecule has 108 valence electrons. The molecule has 20 heavy (non-hydrogen) atoms. The molecule has 0 aliphatic rings. The zero-order chi connectivity index (χ0) is 14.6. The first kappa shape index (κ1) is 14.3. The molecule has 0 aliphatic heterocycles. The molecule has 0 saturated carbocycles. The van der Waals surface area contributed by atoms with Crippen LogP contribution < -0.4 is 5.32 Å². The average molecular weight is 287 g/mol. The Balaban J connectivity index is 1.84. The minimum atomic E-state index is -4.36. The third kappa shape index (κ3) is 3.70. The number of nitrogens with zero attached hydrogens (tertiary/aromatic N) is 1. The van der Waals surface area contributed by atoms with Gasteiger partial charge in [0.05, 0.1) is 12.1 Å². The minimum Gasteiger partial charge on any atom is -0.370 e. The molecule has 0 saturated heterocycles. The highest BCUT2D eigenvalue weighted by molar-refractivity contribution is 6.04. The number of benzene rings is 1. The van der Waals surface area contributed by atoms with Crippen LogP contribution in [-0.4, -0.2) is 42.0 Å². The molecule has 0 bridgehead atoms. The Hall–Kier alpha value is -2.09. The Labute approximate surface area is 112 Å². The summed E-state index contributed by atoms with van der Waals surface area (Å²) in [6, 6.07) is 7.06. The number of alkyl halides is 3. The topological polar surface area (TPSA) is 67.0 Å². The van der Waals surface area contributed by atoms with Crippen molar-refractivity contribution in [3.05, 3.63) is 30.0 Å². The Bertz CT molecular complexity index is 595. The lowest BCUT2D eigenvalue weighted by atomic mass is 10.2. The second-order valence-electron chi connectivity index (χ2n) is 4.04. The second kappa shape index (κ2) is 5.91. The molecule has 1 aromatic carbocycles. The molecule has 2 aromatic rings. The van der Waals surface area contributed by atoms with Gasteiger partial charge in [-0.1, -0.05) is 18.2 Å². The maximum atomic E-state index is 11.8. The van der Waals surface area contributed by atoms with Gasteiger partial charge < -0.3 is 10.1 Å². The lowest BCUT2D eigenvalue weighted by molar-refractivity contribution is -0.173. The van der Waals surface area contributed by atoms with E-state index in [0.717, 1.165) is 0 Å². The lowest BCUT2D eigenvalue weighted by Crippen LogP contribution is -2.29. The molecule has 1 aromatic heterocycles. The summed E-state index contributed by atoms with van der Waals surface area (Å²) in [6.07, 6.45) is -4.36. The number of rotatable bonds is 5. The quantitative estimate of drug-likeness (QED) is 0.825. The zero-order valence-corrected chi connectivity index (χ0v) is 10.3. The summed E-state index contributed by atoms with van der Waals surface area (Å²) < 4.78 is 39.8. The maximum Gasteiger partial charge on any atom is 0.411 e. The molecule has 0 atom stereocenters. The third-order valence-electron chi connectivity index (χ3n) is 2.48. The highest BCUT2D eigenvalue weighted by atomic mass is 19.4. The van der Waals surface area contributed by atoms with E-state index in [1.165, 1.54) is 0 Å². The summed E-state index contributed by atoms with van der Waals surface area (Å²) in [5.41, 5.74) is 0.919. The van der Waals surface area contributed by atoms with Gasteiger partial charge in [-0.15, -0.1) is 0 Å². The van der Waals surface area contributed by atoms with E-state index in [-0.39, 0.29) is 18.8 Å². The minimum absolute atomic E-state index is 0.0178. The van der Waals surface area contributed by atoms with Gasteiger partial charge in [0.2, 0.25) is 0 Å². The first-order valence-corrected chi connectivity index (χ1v) is 5.83. The van der Waals surface area contributed by atoms with E-state index in [9.17, 15) is 18.0 Å². The molecule has 0 unspecified atom stereocenters. The SMILES string of the molecule is O=C(NCCOCC(F)(F)F)c1n[nH]c2ccccc12. The van der Waals surface area contributed by atoms with E-state index < -0.39 is 18.7 Å². The number of aromatic nitrogens is 2. The zero-order valence-electron chi connectivity index (χ0n) is 10.3. The summed E-state index contributed by atoms with van der Waals surface area (Å²) >= 11 is 0. The number of carbonyl (C=O) groups excluding carboxylic acids is 1. The summed E-state index contributed by atoms with van der Waals surface area (Å²) in [4.78, 5) is 11.8. The molecule has 2 rings (SSSR count). The van der Waals surface area contributed by atoms with Gasteiger partial charge in [0.1, 0.15) is 6.61 Å². The van der Waals surface area contributed by atoms with Gasteiger partial charge in [0.25, 0.3) is 5.91 Å². The summed E-state index contributed by atoms with van der Waals surface area (Å²) in [6.45, 7) is -1.56. The number of para-hydroxylation sites is 1. The van der Waals surface area contributed by atoms with Crippen LogP contribution in [0.25, 0.3) is 10.9 Å². The first-order valence-electron chi connectivity index (χ1n) is 5.83. The van der Waals surface area contributed by atoms with Gasteiger partial charge in [0, 0.05) is 11.9 Å². The number of amides is 1. The van der Waals surface area contributed by atoms with E-state index in [2.05, 4.69) is 20.3 Å². The van der Waals surface area contributed by atoms with Crippen molar-refractivity contribution in [1.29, 1.82) is 0 Å². The van der Waals surface area contributed by atoms with Crippen LogP contribution in [0.1, 0.15) is 10.5 Å². The van der Waals surface area contributed by atoms with E-state index in [1.807, 2.05) is 0 Å². The fourth-order valence-electron chi connectivity index (χ4n) is 1.64. The molecule has 5 nitrogen and oxygen atoms in total. The lowest BCUT2D eigenvalue weighted by Gasteiger charge is -2.07. The fourth-order valence-corrected chi connectivity index (χ4v) is 1.64. The second-order valence-corrected chi connectivity index (χ2v) is 4.04. The molecule has 2 N–H and O–H groups in total. The van der Waals surface area contributed by atoms with Gasteiger partial charge in [-0.25, -0.2) is 0 Å². The molecule has 8 heteroatoms. The van der Waals surface area contributed by atoms with Crippen LogP contribution in [0.2, 0.25) is 0 Å². The van der Waals surface area contributed by atoms with Crippen molar-refractivity contribution in [3.8, 4) is 0 Å². The monoisotopic (exact) mass is 287 g/mol. The number of fused-ring (bicyclic) bond motifs is 1. The number of carbonyl (C=O) groups is 1. The van der Waals surface area contributed by atoms with Crippen LogP contribution in [0, 0.1) is 0 Å². The smallest absolute Gasteiger partial charge is 0.370 e. The normalized spacial score (nSPS) is 11.8. The molecular weight excluding hydrogens is 275 g/mol. The Morgan fingerprint density at radius 2 is 2.10 bits per heavy atom. The first-order chi connectivity index (χ1) is 9.47. The van der Waals surface area contributed by atoms with Crippen molar-refractivity contribution >= 4 is 16.8 Å². The summed E-state index contributed by atoms with van der Waals surface area (Å²) in [5.74, 6) is -0.460. The van der Waals surface area contributed by atoms with Gasteiger partial charge in [-0.05, 0) is 6.07 Å². The summed E-state index contributed by atoms with van der Waals surface area (Å²) in [5, 5.41) is 9.68. The third-order valence-corrected chi connectivity index (χ3v) is 2.48. The molecular formula is C12H12F3N3O2.